The van der Waals surface area contributed by atoms with Gasteiger partial charge in [0.05, 0.1) is 6.04 Å². The van der Waals surface area contributed by atoms with Crippen LogP contribution in [-0.2, 0) is 9.47 Å². The molecule has 5 nitrogen and oxygen atoms in total. The average molecular weight is 242 g/mol. The van der Waals surface area contributed by atoms with Gasteiger partial charge in [-0.2, -0.15) is 13.2 Å². The van der Waals surface area contributed by atoms with E-state index in [-0.39, 0.29) is 6.04 Å². The molecule has 0 aromatic heterocycles. The molecule has 0 aliphatic carbocycles. The van der Waals surface area contributed by atoms with Crippen molar-refractivity contribution in [2.75, 3.05) is 19.8 Å². The summed E-state index contributed by atoms with van der Waals surface area (Å²) >= 11 is 0. The second-order valence-corrected chi connectivity index (χ2v) is 3.42. The maximum atomic E-state index is 11.8. The van der Waals surface area contributed by atoms with Gasteiger partial charge in [-0.3, -0.25) is 0 Å². The number of carbonyl (C=O) groups excluding carboxylic acids is 1. The Morgan fingerprint density at radius 3 is 2.50 bits per heavy atom. The summed E-state index contributed by atoms with van der Waals surface area (Å²) in [5.41, 5.74) is 0. The lowest BCUT2D eigenvalue weighted by Gasteiger charge is -2.29. The Hall–Kier alpha value is -1.02. The fourth-order valence-corrected chi connectivity index (χ4v) is 1.33. The van der Waals surface area contributed by atoms with Gasteiger partial charge in [0.1, 0.15) is 0 Å². The third-order valence-electron chi connectivity index (χ3n) is 2.15. The standard InChI is InChI=1S/C8H13F3N2O3/c9-8(10,11)5-16-7(14)13(12)6-1-3-15-4-2-6/h6H,1-5,12H2. The van der Waals surface area contributed by atoms with Crippen molar-refractivity contribution in [3.05, 3.63) is 0 Å². The molecule has 0 saturated carbocycles. The summed E-state index contributed by atoms with van der Waals surface area (Å²) in [6.45, 7) is -0.751. The molecule has 1 saturated heterocycles. The van der Waals surface area contributed by atoms with E-state index in [9.17, 15) is 18.0 Å². The number of amides is 1. The van der Waals surface area contributed by atoms with Gasteiger partial charge in [0.25, 0.3) is 0 Å². The summed E-state index contributed by atoms with van der Waals surface area (Å²) in [5.74, 6) is 5.36. The molecule has 1 aliphatic heterocycles. The van der Waals surface area contributed by atoms with Crippen molar-refractivity contribution in [1.82, 2.24) is 5.01 Å². The number of hydrogen-bond donors (Lipinski definition) is 1. The highest BCUT2D eigenvalue weighted by atomic mass is 19.4. The molecule has 1 amide bonds. The Morgan fingerprint density at radius 2 is 2.00 bits per heavy atom. The van der Waals surface area contributed by atoms with Gasteiger partial charge in [0.2, 0.25) is 0 Å². The van der Waals surface area contributed by atoms with Gasteiger partial charge < -0.3 is 9.47 Å². The second kappa shape index (κ2) is 5.35. The Bertz CT molecular complexity index is 241. The van der Waals surface area contributed by atoms with Crippen molar-refractivity contribution < 1.29 is 27.4 Å². The molecule has 16 heavy (non-hydrogen) atoms. The van der Waals surface area contributed by atoms with Crippen LogP contribution >= 0.6 is 0 Å². The van der Waals surface area contributed by atoms with E-state index in [1.807, 2.05) is 0 Å². The Kier molecular flexibility index (Phi) is 4.36. The maximum absolute atomic E-state index is 11.8. The third-order valence-corrected chi connectivity index (χ3v) is 2.15. The lowest BCUT2D eigenvalue weighted by atomic mass is 10.1. The average Bonchev–Trinajstić information content (AvgIpc) is 2.25. The minimum absolute atomic E-state index is 0.325. The van der Waals surface area contributed by atoms with E-state index >= 15 is 0 Å². The molecular formula is C8H13F3N2O3. The van der Waals surface area contributed by atoms with Gasteiger partial charge >= 0.3 is 12.3 Å². The van der Waals surface area contributed by atoms with Crippen LogP contribution in [0, 0.1) is 0 Å². The minimum Gasteiger partial charge on any atom is -0.439 e. The first-order chi connectivity index (χ1) is 7.40. The summed E-state index contributed by atoms with van der Waals surface area (Å²) in [6.07, 6.45) is -4.70. The fourth-order valence-electron chi connectivity index (χ4n) is 1.33. The van der Waals surface area contributed by atoms with Crippen LogP contribution in [-0.4, -0.2) is 43.1 Å². The number of nitrogens with two attached hydrogens (primary N) is 1. The number of rotatable bonds is 2. The molecule has 1 aliphatic rings. The number of halogens is 3. The highest BCUT2D eigenvalue weighted by Crippen LogP contribution is 2.16. The van der Waals surface area contributed by atoms with Gasteiger partial charge in [-0.25, -0.2) is 15.6 Å². The molecule has 0 atom stereocenters. The van der Waals surface area contributed by atoms with Crippen molar-refractivity contribution in [3.8, 4) is 0 Å². The normalized spacial score (nSPS) is 18.2. The van der Waals surface area contributed by atoms with Crippen LogP contribution in [0.3, 0.4) is 0 Å². The largest absolute Gasteiger partial charge is 0.439 e. The molecule has 0 unspecified atom stereocenters. The van der Waals surface area contributed by atoms with E-state index in [4.69, 9.17) is 10.6 Å². The zero-order valence-corrected chi connectivity index (χ0v) is 8.50. The van der Waals surface area contributed by atoms with Crippen LogP contribution in [0.15, 0.2) is 0 Å². The van der Waals surface area contributed by atoms with Crippen LogP contribution in [0.2, 0.25) is 0 Å². The quantitative estimate of drug-likeness (QED) is 0.446. The Balaban J connectivity index is 2.34. The molecule has 0 aromatic carbocycles. The lowest BCUT2D eigenvalue weighted by Crippen LogP contribution is -2.48. The van der Waals surface area contributed by atoms with Gasteiger partial charge in [-0.1, -0.05) is 0 Å². The SMILES string of the molecule is NN(C(=O)OCC(F)(F)F)C1CCOCC1. The third kappa shape index (κ3) is 4.23. The molecule has 8 heteroatoms. The number of hydrogen-bond acceptors (Lipinski definition) is 4. The van der Waals surface area contributed by atoms with E-state index in [0.717, 1.165) is 0 Å². The topological polar surface area (TPSA) is 64.8 Å². The van der Waals surface area contributed by atoms with E-state index in [1.54, 1.807) is 0 Å². The van der Waals surface area contributed by atoms with E-state index < -0.39 is 18.9 Å². The van der Waals surface area contributed by atoms with Crippen LogP contribution in [0.5, 0.6) is 0 Å². The summed E-state index contributed by atoms with van der Waals surface area (Å²) in [4.78, 5) is 11.1. The van der Waals surface area contributed by atoms with Crippen LogP contribution in [0.4, 0.5) is 18.0 Å². The maximum Gasteiger partial charge on any atom is 0.424 e. The molecule has 1 fully saturated rings. The molecule has 94 valence electrons. The van der Waals surface area contributed by atoms with Crippen molar-refractivity contribution >= 4 is 6.09 Å². The number of ether oxygens (including phenoxy) is 2. The van der Waals surface area contributed by atoms with Crippen molar-refractivity contribution in [3.63, 3.8) is 0 Å². The van der Waals surface area contributed by atoms with E-state index in [0.29, 0.717) is 31.1 Å². The monoisotopic (exact) mass is 242 g/mol. The second-order valence-electron chi connectivity index (χ2n) is 3.42. The lowest BCUT2D eigenvalue weighted by molar-refractivity contribution is -0.163. The van der Waals surface area contributed by atoms with Crippen LogP contribution in [0.25, 0.3) is 0 Å². The summed E-state index contributed by atoms with van der Waals surface area (Å²) in [5, 5.41) is 0.703. The predicted molar refractivity (Wildman–Crippen MR) is 47.3 cm³/mol. The summed E-state index contributed by atoms with van der Waals surface area (Å²) in [7, 11) is 0. The molecular weight excluding hydrogens is 229 g/mol. The van der Waals surface area contributed by atoms with Gasteiger partial charge in [0.15, 0.2) is 6.61 Å². The smallest absolute Gasteiger partial charge is 0.424 e. The molecule has 1 rings (SSSR count). The summed E-state index contributed by atoms with van der Waals surface area (Å²) in [6, 6.07) is -0.325. The zero-order chi connectivity index (χ0) is 12.2. The highest BCUT2D eigenvalue weighted by Gasteiger charge is 2.32. The van der Waals surface area contributed by atoms with Crippen molar-refractivity contribution in [2.24, 2.45) is 5.84 Å². The van der Waals surface area contributed by atoms with Gasteiger partial charge in [-0.15, -0.1) is 0 Å². The van der Waals surface area contributed by atoms with Crippen molar-refractivity contribution in [1.29, 1.82) is 0 Å². The first-order valence-electron chi connectivity index (χ1n) is 4.75. The fraction of sp³-hybridized carbons (Fsp3) is 0.875. The Morgan fingerprint density at radius 1 is 1.44 bits per heavy atom. The number of nitrogens with zero attached hydrogens (tertiary/aromatic N) is 1. The predicted octanol–water partition coefficient (Wildman–Crippen LogP) is 1.04. The molecule has 1 heterocycles. The first-order valence-corrected chi connectivity index (χ1v) is 4.75. The van der Waals surface area contributed by atoms with Crippen LogP contribution in [0.1, 0.15) is 12.8 Å². The minimum atomic E-state index is -4.54. The number of carbonyl (C=O) groups is 1. The van der Waals surface area contributed by atoms with Gasteiger partial charge in [-0.05, 0) is 12.8 Å². The summed E-state index contributed by atoms with van der Waals surface area (Å²) < 4.78 is 44.3. The Labute approximate surface area is 90.2 Å². The molecule has 0 bridgehead atoms. The number of hydrazine groups is 1. The molecule has 0 spiro atoms. The van der Waals surface area contributed by atoms with E-state index in [2.05, 4.69) is 4.74 Å². The van der Waals surface area contributed by atoms with Gasteiger partial charge in [0, 0.05) is 13.2 Å². The van der Waals surface area contributed by atoms with E-state index in [1.165, 1.54) is 0 Å². The zero-order valence-electron chi connectivity index (χ0n) is 8.50. The van der Waals surface area contributed by atoms with Crippen molar-refractivity contribution in [2.45, 2.75) is 25.1 Å². The highest BCUT2D eigenvalue weighted by molar-refractivity contribution is 5.67. The molecule has 0 radical (unpaired) electrons. The van der Waals surface area contributed by atoms with Crippen LogP contribution < -0.4 is 5.84 Å². The molecule has 2 N–H and O–H groups in total. The first kappa shape index (κ1) is 13.0. The molecule has 0 aromatic rings. The number of alkyl halides is 3.